The molecule has 0 aromatic carbocycles. The van der Waals surface area contributed by atoms with Gasteiger partial charge in [-0.3, -0.25) is 0 Å². The van der Waals surface area contributed by atoms with E-state index in [2.05, 4.69) is 40.5 Å². The first-order valence-corrected chi connectivity index (χ1v) is 8.70. The van der Waals surface area contributed by atoms with Crippen LogP contribution in [0.2, 0.25) is 0 Å². The minimum absolute atomic E-state index is 0.540. The van der Waals surface area contributed by atoms with Crippen LogP contribution in [0.15, 0.2) is 6.07 Å². The first-order chi connectivity index (χ1) is 10.2. The van der Waals surface area contributed by atoms with Crippen molar-refractivity contribution in [3.8, 4) is 0 Å². The molecule has 5 heteroatoms. The Hall–Kier alpha value is -1.36. The van der Waals surface area contributed by atoms with E-state index in [1.54, 1.807) is 11.3 Å². The predicted octanol–water partition coefficient (Wildman–Crippen LogP) is 4.42. The van der Waals surface area contributed by atoms with E-state index in [1.165, 1.54) is 37.0 Å². The molecule has 114 valence electrons. The predicted molar refractivity (Wildman–Crippen MR) is 91.4 cm³/mol. The quantitative estimate of drug-likeness (QED) is 0.824. The van der Waals surface area contributed by atoms with Crippen molar-refractivity contribution in [2.75, 3.05) is 17.7 Å². The summed E-state index contributed by atoms with van der Waals surface area (Å²) < 4.78 is 0. The van der Waals surface area contributed by atoms with Crippen LogP contribution in [0.1, 0.15) is 43.9 Å². The van der Waals surface area contributed by atoms with E-state index in [9.17, 15) is 0 Å². The van der Waals surface area contributed by atoms with E-state index in [-0.39, 0.29) is 0 Å². The summed E-state index contributed by atoms with van der Waals surface area (Å²) in [4.78, 5) is 11.6. The van der Waals surface area contributed by atoms with E-state index in [0.29, 0.717) is 12.0 Å². The molecule has 21 heavy (non-hydrogen) atoms. The minimum Gasteiger partial charge on any atom is -0.367 e. The number of fused-ring (bicyclic) bond motifs is 1. The molecule has 0 radical (unpaired) electrons. The zero-order chi connectivity index (χ0) is 14.8. The zero-order valence-corrected chi connectivity index (χ0v) is 13.9. The normalized spacial score (nSPS) is 23.0. The van der Waals surface area contributed by atoms with Gasteiger partial charge in [0.1, 0.15) is 10.6 Å². The van der Waals surface area contributed by atoms with Crippen LogP contribution in [0.4, 0.5) is 11.8 Å². The van der Waals surface area contributed by atoms with Crippen LogP contribution >= 0.6 is 11.3 Å². The number of anilines is 2. The van der Waals surface area contributed by atoms with Crippen molar-refractivity contribution >= 4 is 33.3 Å². The van der Waals surface area contributed by atoms with Crippen LogP contribution in [0.5, 0.6) is 0 Å². The molecular formula is C16H24N4S. The molecule has 1 fully saturated rings. The molecule has 2 aromatic rings. The summed E-state index contributed by atoms with van der Waals surface area (Å²) in [6.07, 6.45) is 6.47. The Balaban J connectivity index is 1.88. The molecule has 1 saturated carbocycles. The highest BCUT2D eigenvalue weighted by Gasteiger charge is 2.18. The second-order valence-corrected chi connectivity index (χ2v) is 7.41. The molecule has 2 heterocycles. The first kappa shape index (κ1) is 14.6. The summed E-state index contributed by atoms with van der Waals surface area (Å²) in [6.45, 7) is 4.50. The fourth-order valence-electron chi connectivity index (χ4n) is 3.09. The molecule has 0 spiro atoms. The van der Waals surface area contributed by atoms with E-state index >= 15 is 0 Å². The molecule has 4 nitrogen and oxygen atoms in total. The van der Waals surface area contributed by atoms with Crippen molar-refractivity contribution in [2.24, 2.45) is 5.92 Å². The van der Waals surface area contributed by atoms with Gasteiger partial charge < -0.3 is 10.6 Å². The first-order valence-electron chi connectivity index (χ1n) is 7.88. The van der Waals surface area contributed by atoms with Gasteiger partial charge in [0.15, 0.2) is 0 Å². The maximum atomic E-state index is 4.65. The van der Waals surface area contributed by atoms with Gasteiger partial charge in [-0.2, -0.15) is 4.98 Å². The summed E-state index contributed by atoms with van der Waals surface area (Å²) in [5.74, 6) is 2.56. The Morgan fingerprint density at radius 2 is 2.05 bits per heavy atom. The average molecular weight is 304 g/mol. The summed E-state index contributed by atoms with van der Waals surface area (Å²) in [5.41, 5.74) is 0. The van der Waals surface area contributed by atoms with Gasteiger partial charge in [-0.25, -0.2) is 4.98 Å². The van der Waals surface area contributed by atoms with Gasteiger partial charge >= 0.3 is 0 Å². The van der Waals surface area contributed by atoms with Crippen molar-refractivity contribution in [3.05, 3.63) is 10.9 Å². The van der Waals surface area contributed by atoms with Crippen LogP contribution in [-0.2, 0) is 0 Å². The molecule has 0 aliphatic heterocycles. The third-order valence-corrected chi connectivity index (χ3v) is 5.28. The third-order valence-electron chi connectivity index (χ3n) is 4.34. The second-order valence-electron chi connectivity index (χ2n) is 6.18. The largest absolute Gasteiger partial charge is 0.367 e. The number of thiophene rings is 1. The van der Waals surface area contributed by atoms with Crippen LogP contribution < -0.4 is 10.6 Å². The fourth-order valence-corrected chi connectivity index (χ4v) is 3.97. The monoisotopic (exact) mass is 304 g/mol. The molecule has 2 unspecified atom stereocenters. The number of aromatic nitrogens is 2. The number of hydrogen-bond donors (Lipinski definition) is 2. The van der Waals surface area contributed by atoms with Gasteiger partial charge in [0, 0.05) is 18.0 Å². The maximum Gasteiger partial charge on any atom is 0.225 e. The molecule has 1 aliphatic rings. The van der Waals surface area contributed by atoms with Crippen molar-refractivity contribution in [1.82, 2.24) is 9.97 Å². The molecule has 1 aliphatic carbocycles. The summed E-state index contributed by atoms with van der Waals surface area (Å²) in [5, 5.41) is 7.92. The van der Waals surface area contributed by atoms with Gasteiger partial charge in [0.2, 0.25) is 5.95 Å². The Labute approximate surface area is 130 Å². The standard InChI is InChI=1S/C16H24N4S/c1-10-5-4-6-12(8-7-10)18-14-13-9-11(2)21-15(13)20-16(17-3)19-14/h9-10,12H,4-8H2,1-3H3,(H2,17,18,19,20). The van der Waals surface area contributed by atoms with Crippen molar-refractivity contribution in [3.63, 3.8) is 0 Å². The molecule has 2 atom stereocenters. The number of hydrogen-bond acceptors (Lipinski definition) is 5. The van der Waals surface area contributed by atoms with Crippen molar-refractivity contribution in [1.29, 1.82) is 0 Å². The van der Waals surface area contributed by atoms with Gasteiger partial charge in [-0.1, -0.05) is 19.8 Å². The molecule has 0 saturated heterocycles. The molecule has 2 aromatic heterocycles. The number of aryl methyl sites for hydroxylation is 1. The van der Waals surface area contributed by atoms with Crippen molar-refractivity contribution in [2.45, 2.75) is 52.0 Å². The van der Waals surface area contributed by atoms with Crippen LogP contribution in [-0.4, -0.2) is 23.1 Å². The van der Waals surface area contributed by atoms with E-state index in [1.807, 2.05) is 7.05 Å². The lowest BCUT2D eigenvalue weighted by molar-refractivity contribution is 0.502. The summed E-state index contributed by atoms with van der Waals surface area (Å²) in [6, 6.07) is 2.74. The van der Waals surface area contributed by atoms with Crippen molar-refractivity contribution < 1.29 is 0 Å². The van der Waals surface area contributed by atoms with Gasteiger partial charge in [-0.15, -0.1) is 11.3 Å². The number of rotatable bonds is 3. The van der Waals surface area contributed by atoms with Gasteiger partial charge in [-0.05, 0) is 38.2 Å². The topological polar surface area (TPSA) is 49.8 Å². The lowest BCUT2D eigenvalue weighted by Crippen LogP contribution is -2.19. The maximum absolute atomic E-state index is 4.65. The molecular weight excluding hydrogens is 280 g/mol. The van der Waals surface area contributed by atoms with E-state index < -0.39 is 0 Å². The Morgan fingerprint density at radius 1 is 1.19 bits per heavy atom. The highest BCUT2D eigenvalue weighted by atomic mass is 32.1. The fraction of sp³-hybridized carbons (Fsp3) is 0.625. The van der Waals surface area contributed by atoms with Crippen LogP contribution in [0, 0.1) is 12.8 Å². The molecule has 0 bridgehead atoms. The molecule has 2 N–H and O–H groups in total. The minimum atomic E-state index is 0.540. The van der Waals surface area contributed by atoms with Gasteiger partial charge in [0.05, 0.1) is 5.39 Å². The average Bonchev–Trinajstić information content (AvgIpc) is 2.72. The molecule has 0 amide bonds. The molecule has 3 rings (SSSR count). The Bertz CT molecular complexity index is 622. The number of nitrogens with zero attached hydrogens (tertiary/aromatic N) is 2. The SMILES string of the molecule is CNc1nc(NC2CCCC(C)CC2)c2cc(C)sc2n1. The lowest BCUT2D eigenvalue weighted by Gasteiger charge is -2.18. The lowest BCUT2D eigenvalue weighted by atomic mass is 10.0. The van der Waals surface area contributed by atoms with E-state index in [0.717, 1.165) is 22.0 Å². The Morgan fingerprint density at radius 3 is 2.86 bits per heavy atom. The number of nitrogens with one attached hydrogen (secondary N) is 2. The third kappa shape index (κ3) is 3.28. The van der Waals surface area contributed by atoms with Crippen LogP contribution in [0.3, 0.4) is 0 Å². The van der Waals surface area contributed by atoms with Crippen LogP contribution in [0.25, 0.3) is 10.2 Å². The zero-order valence-electron chi connectivity index (χ0n) is 13.1. The Kier molecular flexibility index (Phi) is 4.29. The van der Waals surface area contributed by atoms with Gasteiger partial charge in [0.25, 0.3) is 0 Å². The smallest absolute Gasteiger partial charge is 0.225 e. The van der Waals surface area contributed by atoms with E-state index in [4.69, 9.17) is 0 Å². The highest BCUT2D eigenvalue weighted by molar-refractivity contribution is 7.18. The summed E-state index contributed by atoms with van der Waals surface area (Å²) >= 11 is 1.73. The summed E-state index contributed by atoms with van der Waals surface area (Å²) in [7, 11) is 1.87. The second kappa shape index (κ2) is 6.18. The highest BCUT2D eigenvalue weighted by Crippen LogP contribution is 2.31.